The van der Waals surface area contributed by atoms with Crippen LogP contribution in [0.5, 0.6) is 5.75 Å². The second kappa shape index (κ2) is 8.55. The number of aliphatic carboxylic acids is 1. The Kier molecular flexibility index (Phi) is 7.04. The van der Waals surface area contributed by atoms with Crippen LogP contribution in [0, 0.1) is 0 Å². The summed E-state index contributed by atoms with van der Waals surface area (Å²) in [6.07, 6.45) is -0.242. The van der Waals surface area contributed by atoms with E-state index in [2.05, 4.69) is 4.90 Å². The molecule has 20 heavy (non-hydrogen) atoms. The monoisotopic (exact) mass is 281 g/mol. The van der Waals surface area contributed by atoms with Crippen LogP contribution in [0.4, 0.5) is 0 Å². The van der Waals surface area contributed by atoms with E-state index < -0.39 is 12.1 Å². The molecule has 0 saturated heterocycles. The number of carboxylic acid groups (broad SMARTS) is 1. The summed E-state index contributed by atoms with van der Waals surface area (Å²) in [4.78, 5) is 13.1. The summed E-state index contributed by atoms with van der Waals surface area (Å²) in [7, 11) is 3.61. The van der Waals surface area contributed by atoms with Crippen LogP contribution in [0.2, 0.25) is 0 Å². The van der Waals surface area contributed by atoms with Crippen molar-refractivity contribution in [3.05, 3.63) is 29.8 Å². The number of carboxylic acids is 1. The Bertz CT molecular complexity index is 405. The van der Waals surface area contributed by atoms with E-state index in [9.17, 15) is 4.79 Å². The molecule has 1 atom stereocenters. The molecular weight excluding hydrogens is 258 g/mol. The van der Waals surface area contributed by atoms with Crippen molar-refractivity contribution in [2.24, 2.45) is 0 Å². The molecule has 1 aromatic rings. The fraction of sp³-hybridized carbons (Fsp3) is 0.533. The molecule has 0 saturated carbocycles. The van der Waals surface area contributed by atoms with Gasteiger partial charge in [0.15, 0.2) is 6.10 Å². The Balaban J connectivity index is 2.41. The van der Waals surface area contributed by atoms with E-state index in [1.165, 1.54) is 0 Å². The quantitative estimate of drug-likeness (QED) is 0.750. The molecule has 1 N–H and O–H groups in total. The fourth-order valence-electron chi connectivity index (χ4n) is 1.94. The minimum Gasteiger partial charge on any atom is -0.497 e. The van der Waals surface area contributed by atoms with Gasteiger partial charge in [-0.15, -0.1) is 0 Å². The van der Waals surface area contributed by atoms with Crippen LogP contribution in [-0.2, 0) is 16.1 Å². The lowest BCUT2D eigenvalue weighted by Crippen LogP contribution is -2.29. The molecule has 0 amide bonds. The summed E-state index contributed by atoms with van der Waals surface area (Å²) in [6.45, 7) is 3.65. The highest BCUT2D eigenvalue weighted by Crippen LogP contribution is 2.13. The molecule has 0 spiro atoms. The van der Waals surface area contributed by atoms with Crippen LogP contribution in [-0.4, -0.2) is 49.4 Å². The lowest BCUT2D eigenvalue weighted by molar-refractivity contribution is -0.150. The zero-order valence-corrected chi connectivity index (χ0v) is 12.3. The maximum atomic E-state index is 11.0. The predicted molar refractivity (Wildman–Crippen MR) is 77.0 cm³/mol. The maximum Gasteiger partial charge on any atom is 0.332 e. The van der Waals surface area contributed by atoms with Crippen LogP contribution in [0.25, 0.3) is 0 Å². The maximum absolute atomic E-state index is 11.0. The lowest BCUT2D eigenvalue weighted by atomic mass is 10.2. The highest BCUT2D eigenvalue weighted by atomic mass is 16.5. The van der Waals surface area contributed by atoms with Crippen molar-refractivity contribution in [2.45, 2.75) is 26.0 Å². The summed E-state index contributed by atoms with van der Waals surface area (Å²) >= 11 is 0. The fourth-order valence-corrected chi connectivity index (χ4v) is 1.94. The number of hydrogen-bond donors (Lipinski definition) is 1. The van der Waals surface area contributed by atoms with Crippen LogP contribution < -0.4 is 4.74 Å². The second-order valence-electron chi connectivity index (χ2n) is 4.66. The normalized spacial score (nSPS) is 12.4. The van der Waals surface area contributed by atoms with Gasteiger partial charge in [0, 0.05) is 19.7 Å². The van der Waals surface area contributed by atoms with Crippen molar-refractivity contribution in [3.63, 3.8) is 0 Å². The SMILES string of the molecule is CCOC(CCN(C)Cc1ccc(OC)cc1)C(=O)O. The van der Waals surface area contributed by atoms with Gasteiger partial charge >= 0.3 is 5.97 Å². The summed E-state index contributed by atoms with van der Waals surface area (Å²) in [5.41, 5.74) is 1.16. The van der Waals surface area contributed by atoms with Crippen molar-refractivity contribution in [1.29, 1.82) is 0 Å². The molecule has 112 valence electrons. The first-order chi connectivity index (χ1) is 9.56. The molecule has 0 heterocycles. The first kappa shape index (κ1) is 16.5. The van der Waals surface area contributed by atoms with Crippen LogP contribution in [0.3, 0.4) is 0 Å². The van der Waals surface area contributed by atoms with Gasteiger partial charge in [-0.3, -0.25) is 0 Å². The number of nitrogens with zero attached hydrogens (tertiary/aromatic N) is 1. The van der Waals surface area contributed by atoms with Gasteiger partial charge in [-0.25, -0.2) is 4.79 Å². The Hall–Kier alpha value is -1.59. The average molecular weight is 281 g/mol. The lowest BCUT2D eigenvalue weighted by Gasteiger charge is -2.19. The van der Waals surface area contributed by atoms with Crippen LogP contribution >= 0.6 is 0 Å². The number of methoxy groups -OCH3 is 1. The molecule has 1 unspecified atom stereocenters. The Morgan fingerprint density at radius 1 is 1.35 bits per heavy atom. The molecule has 0 radical (unpaired) electrons. The third-order valence-electron chi connectivity index (χ3n) is 3.03. The highest BCUT2D eigenvalue weighted by Gasteiger charge is 2.17. The Morgan fingerprint density at radius 2 is 2.00 bits per heavy atom. The van der Waals surface area contributed by atoms with E-state index in [0.29, 0.717) is 19.6 Å². The molecule has 0 aromatic heterocycles. The molecule has 5 nitrogen and oxygen atoms in total. The summed E-state index contributed by atoms with van der Waals surface area (Å²) in [6, 6.07) is 7.85. The standard InChI is InChI=1S/C15H23NO4/c1-4-20-14(15(17)18)9-10-16(2)11-12-5-7-13(19-3)8-6-12/h5-8,14H,4,9-11H2,1-3H3,(H,17,18). The van der Waals surface area contributed by atoms with E-state index in [4.69, 9.17) is 14.6 Å². The number of hydrogen-bond acceptors (Lipinski definition) is 4. The molecule has 1 aromatic carbocycles. The van der Waals surface area contributed by atoms with Gasteiger partial charge < -0.3 is 19.5 Å². The molecule has 0 bridgehead atoms. The average Bonchev–Trinajstić information content (AvgIpc) is 2.44. The number of rotatable bonds is 9. The predicted octanol–water partition coefficient (Wildman–Crippen LogP) is 2.01. The number of ether oxygens (including phenoxy) is 2. The van der Waals surface area contributed by atoms with Gasteiger partial charge in [0.1, 0.15) is 5.75 Å². The van der Waals surface area contributed by atoms with E-state index >= 15 is 0 Å². The first-order valence-corrected chi connectivity index (χ1v) is 6.72. The topological polar surface area (TPSA) is 59.0 Å². The van der Waals surface area contributed by atoms with Crippen LogP contribution in [0.1, 0.15) is 18.9 Å². The van der Waals surface area contributed by atoms with Crippen molar-refractivity contribution in [3.8, 4) is 5.75 Å². The van der Waals surface area contributed by atoms with E-state index in [1.54, 1.807) is 14.0 Å². The molecule has 1 rings (SSSR count). The van der Waals surface area contributed by atoms with Gasteiger partial charge in [-0.05, 0) is 38.1 Å². The van der Waals surface area contributed by atoms with Crippen molar-refractivity contribution in [1.82, 2.24) is 4.90 Å². The number of carbonyl (C=O) groups is 1. The van der Waals surface area contributed by atoms with Gasteiger partial charge in [-0.1, -0.05) is 12.1 Å². The highest BCUT2D eigenvalue weighted by molar-refractivity contribution is 5.72. The molecule has 0 aliphatic rings. The van der Waals surface area contributed by atoms with Crippen molar-refractivity contribution < 1.29 is 19.4 Å². The zero-order valence-electron chi connectivity index (χ0n) is 12.3. The molecule has 0 aliphatic heterocycles. The summed E-state index contributed by atoms with van der Waals surface area (Å²) in [5, 5.41) is 9.01. The molecule has 0 aliphatic carbocycles. The largest absolute Gasteiger partial charge is 0.497 e. The second-order valence-corrected chi connectivity index (χ2v) is 4.66. The molecule has 5 heteroatoms. The van der Waals surface area contributed by atoms with E-state index in [-0.39, 0.29) is 0 Å². The Morgan fingerprint density at radius 3 is 2.50 bits per heavy atom. The van der Waals surface area contributed by atoms with Crippen molar-refractivity contribution >= 4 is 5.97 Å². The van der Waals surface area contributed by atoms with E-state index in [1.807, 2.05) is 31.3 Å². The van der Waals surface area contributed by atoms with Crippen LogP contribution in [0.15, 0.2) is 24.3 Å². The third-order valence-corrected chi connectivity index (χ3v) is 3.03. The minimum absolute atomic E-state index is 0.416. The Labute approximate surface area is 120 Å². The van der Waals surface area contributed by atoms with Gasteiger partial charge in [0.25, 0.3) is 0 Å². The third kappa shape index (κ3) is 5.59. The van der Waals surface area contributed by atoms with Gasteiger partial charge in [0.2, 0.25) is 0 Å². The smallest absolute Gasteiger partial charge is 0.332 e. The van der Waals surface area contributed by atoms with Gasteiger partial charge in [0.05, 0.1) is 7.11 Å². The molecule has 0 fully saturated rings. The zero-order chi connectivity index (χ0) is 15.0. The molecular formula is C15H23NO4. The summed E-state index contributed by atoms with van der Waals surface area (Å²) in [5.74, 6) is -0.0663. The van der Waals surface area contributed by atoms with Crippen molar-refractivity contribution in [2.75, 3.05) is 27.3 Å². The van der Waals surface area contributed by atoms with E-state index in [0.717, 1.165) is 17.9 Å². The minimum atomic E-state index is -0.898. The summed E-state index contributed by atoms with van der Waals surface area (Å²) < 4.78 is 10.3. The first-order valence-electron chi connectivity index (χ1n) is 6.72. The number of benzene rings is 1. The van der Waals surface area contributed by atoms with Gasteiger partial charge in [-0.2, -0.15) is 0 Å².